The number of amides is 1. The van der Waals surface area contributed by atoms with E-state index in [9.17, 15) is 23.1 Å². The van der Waals surface area contributed by atoms with Gasteiger partial charge in [0.2, 0.25) is 0 Å². The summed E-state index contributed by atoms with van der Waals surface area (Å²) in [5.74, 6) is -0.371. The second-order valence-corrected chi connectivity index (χ2v) is 11.0. The third-order valence-corrected chi connectivity index (χ3v) is 7.05. The molecule has 1 amide bonds. The van der Waals surface area contributed by atoms with Crippen molar-refractivity contribution in [3.05, 3.63) is 54.1 Å². The predicted octanol–water partition coefficient (Wildman–Crippen LogP) is 5.80. The van der Waals surface area contributed by atoms with E-state index in [1.807, 2.05) is 45.0 Å². The van der Waals surface area contributed by atoms with Crippen LogP contribution in [-0.2, 0) is 4.74 Å². The van der Waals surface area contributed by atoms with Crippen LogP contribution in [0.3, 0.4) is 0 Å². The maximum Gasteiger partial charge on any atom is 0.573 e. The van der Waals surface area contributed by atoms with E-state index in [-0.39, 0.29) is 17.8 Å². The van der Waals surface area contributed by atoms with Crippen molar-refractivity contribution >= 4 is 6.09 Å². The van der Waals surface area contributed by atoms with Crippen molar-refractivity contribution in [2.24, 2.45) is 0 Å². The molecule has 0 spiro atoms. The smallest absolute Gasteiger partial charge is 0.444 e. The number of halogens is 3. The van der Waals surface area contributed by atoms with Crippen LogP contribution < -0.4 is 4.74 Å². The van der Waals surface area contributed by atoms with E-state index < -0.39 is 17.6 Å². The van der Waals surface area contributed by atoms with Gasteiger partial charge in [-0.25, -0.2) is 4.79 Å². The highest BCUT2D eigenvalue weighted by Crippen LogP contribution is 2.44. The van der Waals surface area contributed by atoms with Crippen molar-refractivity contribution in [2.45, 2.75) is 63.5 Å². The Kier molecular flexibility index (Phi) is 7.76. The van der Waals surface area contributed by atoms with Crippen molar-refractivity contribution < 1.29 is 32.5 Å². The minimum atomic E-state index is -4.74. The fourth-order valence-electron chi connectivity index (χ4n) is 4.95. The van der Waals surface area contributed by atoms with Gasteiger partial charge in [0.15, 0.2) is 0 Å². The van der Waals surface area contributed by atoms with Crippen LogP contribution >= 0.6 is 0 Å². The molecular weight excluding hydrogens is 485 g/mol. The molecule has 0 aromatic heterocycles. The predicted molar refractivity (Wildman–Crippen MR) is 134 cm³/mol. The first-order valence-corrected chi connectivity index (χ1v) is 12.7. The highest BCUT2D eigenvalue weighted by atomic mass is 19.4. The van der Waals surface area contributed by atoms with Crippen LogP contribution in [0.15, 0.2) is 48.5 Å². The molecule has 202 valence electrons. The summed E-state index contributed by atoms with van der Waals surface area (Å²) < 4.78 is 47.4. The molecule has 1 saturated heterocycles. The molecule has 2 fully saturated rings. The lowest BCUT2D eigenvalue weighted by Gasteiger charge is -2.46. The first-order chi connectivity index (χ1) is 17.3. The van der Waals surface area contributed by atoms with Gasteiger partial charge in [-0.3, -0.25) is 4.90 Å². The van der Waals surface area contributed by atoms with Gasteiger partial charge < -0.3 is 19.5 Å². The summed E-state index contributed by atoms with van der Waals surface area (Å²) in [5, 5.41) is 11.3. The minimum absolute atomic E-state index is 0.108. The zero-order chi connectivity index (χ0) is 26.8. The average Bonchev–Trinajstić information content (AvgIpc) is 2.79. The van der Waals surface area contributed by atoms with E-state index in [0.29, 0.717) is 38.3 Å². The summed E-state index contributed by atoms with van der Waals surface area (Å²) in [7, 11) is 0. The van der Waals surface area contributed by atoms with Crippen LogP contribution in [0.25, 0.3) is 11.1 Å². The lowest BCUT2D eigenvalue weighted by molar-refractivity contribution is -0.274. The molecule has 0 bridgehead atoms. The molecular formula is C28H35F3N2O4. The van der Waals surface area contributed by atoms with Gasteiger partial charge in [-0.1, -0.05) is 36.4 Å². The maximum atomic E-state index is 12.6. The Labute approximate surface area is 216 Å². The van der Waals surface area contributed by atoms with Gasteiger partial charge in [0, 0.05) is 38.6 Å². The second-order valence-electron chi connectivity index (χ2n) is 11.0. The molecule has 37 heavy (non-hydrogen) atoms. The standard InChI is InChI=1S/C28H35F3N2O4/c1-26(2,3)37-25(34)33-16-14-32(15-17-33)19-24(27(35)12-5-13-27)21-10-8-20(9-11-21)22-6-4-7-23(18-22)36-28(29,30)31/h4,6-11,18,24,35H,5,12-17,19H2,1-3H3. The summed E-state index contributed by atoms with van der Waals surface area (Å²) in [6.45, 7) is 8.72. The Morgan fingerprint density at radius 3 is 2.19 bits per heavy atom. The Morgan fingerprint density at radius 1 is 1.00 bits per heavy atom. The van der Waals surface area contributed by atoms with Gasteiger partial charge in [0.25, 0.3) is 0 Å². The number of carbonyl (C=O) groups is 1. The molecule has 0 radical (unpaired) electrons. The normalized spacial score (nSPS) is 19.2. The number of carbonyl (C=O) groups excluding carboxylic acids is 1. The van der Waals surface area contributed by atoms with Crippen molar-refractivity contribution in [1.29, 1.82) is 0 Å². The molecule has 2 aromatic rings. The quantitative estimate of drug-likeness (QED) is 0.522. The molecule has 1 heterocycles. The monoisotopic (exact) mass is 520 g/mol. The lowest BCUT2D eigenvalue weighted by atomic mass is 9.68. The second kappa shape index (κ2) is 10.5. The van der Waals surface area contributed by atoms with Gasteiger partial charge in [-0.05, 0) is 68.9 Å². The van der Waals surface area contributed by atoms with E-state index in [2.05, 4.69) is 9.64 Å². The van der Waals surface area contributed by atoms with Crippen molar-refractivity contribution in [3.8, 4) is 16.9 Å². The van der Waals surface area contributed by atoms with Crippen LogP contribution in [0.4, 0.5) is 18.0 Å². The van der Waals surface area contributed by atoms with Crippen LogP contribution in [0.1, 0.15) is 51.5 Å². The van der Waals surface area contributed by atoms with Gasteiger partial charge in [-0.2, -0.15) is 0 Å². The maximum absolute atomic E-state index is 12.6. The minimum Gasteiger partial charge on any atom is -0.444 e. The topological polar surface area (TPSA) is 62.2 Å². The van der Waals surface area contributed by atoms with Crippen LogP contribution in [-0.4, -0.2) is 71.3 Å². The molecule has 1 saturated carbocycles. The Morgan fingerprint density at radius 2 is 1.65 bits per heavy atom. The number of rotatable bonds is 6. The summed E-state index contributed by atoms with van der Waals surface area (Å²) in [4.78, 5) is 16.4. The zero-order valence-electron chi connectivity index (χ0n) is 21.6. The van der Waals surface area contributed by atoms with E-state index >= 15 is 0 Å². The molecule has 1 unspecified atom stereocenters. The summed E-state index contributed by atoms with van der Waals surface area (Å²) in [5.41, 5.74) is 1.05. The van der Waals surface area contributed by atoms with Crippen molar-refractivity contribution in [2.75, 3.05) is 32.7 Å². The number of alkyl halides is 3. The largest absolute Gasteiger partial charge is 0.573 e. The number of hydrogen-bond donors (Lipinski definition) is 1. The first-order valence-electron chi connectivity index (χ1n) is 12.7. The molecule has 1 N–H and O–H groups in total. The van der Waals surface area contributed by atoms with E-state index in [0.717, 1.165) is 30.4 Å². The van der Waals surface area contributed by atoms with Gasteiger partial charge >= 0.3 is 12.5 Å². The Bertz CT molecular complexity index is 1070. The first kappa shape index (κ1) is 27.3. The molecule has 2 aromatic carbocycles. The summed E-state index contributed by atoms with van der Waals surface area (Å²) in [6, 6.07) is 13.5. The highest BCUT2D eigenvalue weighted by Gasteiger charge is 2.44. The van der Waals surface area contributed by atoms with Crippen LogP contribution in [0, 0.1) is 0 Å². The molecule has 1 aliphatic heterocycles. The fourth-order valence-corrected chi connectivity index (χ4v) is 4.95. The number of piperazine rings is 1. The molecule has 9 heteroatoms. The summed E-state index contributed by atoms with van der Waals surface area (Å²) >= 11 is 0. The number of hydrogen-bond acceptors (Lipinski definition) is 5. The highest BCUT2D eigenvalue weighted by molar-refractivity contribution is 5.68. The molecule has 2 aliphatic rings. The molecule has 6 nitrogen and oxygen atoms in total. The Hall–Kier alpha value is -2.78. The lowest BCUT2D eigenvalue weighted by Crippen LogP contribution is -2.53. The molecule has 1 aliphatic carbocycles. The third-order valence-electron chi connectivity index (χ3n) is 7.05. The number of benzene rings is 2. The van der Waals surface area contributed by atoms with Crippen molar-refractivity contribution in [3.63, 3.8) is 0 Å². The van der Waals surface area contributed by atoms with Crippen LogP contribution in [0.5, 0.6) is 5.75 Å². The van der Waals surface area contributed by atoms with Crippen molar-refractivity contribution in [1.82, 2.24) is 9.80 Å². The van der Waals surface area contributed by atoms with E-state index in [4.69, 9.17) is 4.74 Å². The average molecular weight is 521 g/mol. The SMILES string of the molecule is CC(C)(C)OC(=O)N1CCN(CC(c2ccc(-c3cccc(OC(F)(F)F)c3)cc2)C2(O)CCC2)CC1. The third kappa shape index (κ3) is 7.17. The van der Waals surface area contributed by atoms with Gasteiger partial charge in [0.05, 0.1) is 5.60 Å². The molecule has 1 atom stereocenters. The van der Waals surface area contributed by atoms with Crippen LogP contribution in [0.2, 0.25) is 0 Å². The zero-order valence-corrected chi connectivity index (χ0v) is 21.6. The summed E-state index contributed by atoms with van der Waals surface area (Å²) in [6.07, 6.45) is -2.61. The van der Waals surface area contributed by atoms with E-state index in [1.165, 1.54) is 18.2 Å². The number of aliphatic hydroxyl groups is 1. The van der Waals surface area contributed by atoms with E-state index in [1.54, 1.807) is 11.0 Å². The number of ether oxygens (including phenoxy) is 2. The fraction of sp³-hybridized carbons (Fsp3) is 0.536. The van der Waals surface area contributed by atoms with Gasteiger partial charge in [0.1, 0.15) is 11.4 Å². The molecule has 4 rings (SSSR count). The number of nitrogens with zero attached hydrogens (tertiary/aromatic N) is 2. The Balaban J connectivity index is 1.44. The van der Waals surface area contributed by atoms with Gasteiger partial charge in [-0.15, -0.1) is 13.2 Å².